The van der Waals surface area contributed by atoms with Crippen LogP contribution in [0.3, 0.4) is 0 Å². The lowest BCUT2D eigenvalue weighted by atomic mass is 10.2. The number of aromatic amines is 1. The highest BCUT2D eigenvalue weighted by Crippen LogP contribution is 2.23. The van der Waals surface area contributed by atoms with Gasteiger partial charge in [0.25, 0.3) is 0 Å². The van der Waals surface area contributed by atoms with Crippen LogP contribution in [0.4, 0.5) is 0 Å². The normalized spacial score (nSPS) is 11.2. The molecule has 0 aliphatic rings. The van der Waals surface area contributed by atoms with E-state index >= 15 is 0 Å². The van der Waals surface area contributed by atoms with E-state index < -0.39 is 0 Å². The van der Waals surface area contributed by atoms with Gasteiger partial charge in [0, 0.05) is 0 Å². The Kier molecular flexibility index (Phi) is 3.55. The molecule has 0 aliphatic carbocycles. The number of benzene rings is 2. The molecule has 0 unspecified atom stereocenters. The third-order valence-electron chi connectivity index (χ3n) is 3.46. The number of imidazole rings is 1. The molecule has 0 atom stereocenters. The van der Waals surface area contributed by atoms with Gasteiger partial charge in [0.1, 0.15) is 5.82 Å². The van der Waals surface area contributed by atoms with Crippen LogP contribution in [0.2, 0.25) is 0 Å². The summed E-state index contributed by atoms with van der Waals surface area (Å²) in [6, 6.07) is 16.1. The lowest BCUT2D eigenvalue weighted by Crippen LogP contribution is -1.99. The van der Waals surface area contributed by atoms with Crippen molar-refractivity contribution in [3.8, 4) is 5.69 Å². The second-order valence-corrected chi connectivity index (χ2v) is 6.14. The molecule has 1 N–H and O–H groups in total. The van der Waals surface area contributed by atoms with Gasteiger partial charge in [0.05, 0.1) is 22.5 Å². The SMILES string of the molecule is Cc1cccc(-n2nnnc2SCc2nc3ccccc3[nH]2)c1. The van der Waals surface area contributed by atoms with E-state index in [1.54, 1.807) is 16.4 Å². The highest BCUT2D eigenvalue weighted by Gasteiger charge is 2.11. The Balaban J connectivity index is 1.57. The molecule has 0 amide bonds. The van der Waals surface area contributed by atoms with Crippen molar-refractivity contribution in [2.45, 2.75) is 17.8 Å². The molecule has 0 fully saturated rings. The Morgan fingerprint density at radius 2 is 2.04 bits per heavy atom. The smallest absolute Gasteiger partial charge is 0.214 e. The number of para-hydroxylation sites is 2. The first-order valence-corrected chi connectivity index (χ1v) is 8.20. The Bertz CT molecular complexity index is 925. The van der Waals surface area contributed by atoms with Crippen LogP contribution in [0.5, 0.6) is 0 Å². The molecule has 4 rings (SSSR count). The standard InChI is InChI=1S/C16H14N6S/c1-11-5-4-6-12(9-11)22-16(19-20-21-22)23-10-15-17-13-7-2-3-8-14(13)18-15/h2-9H,10H2,1H3,(H,17,18). The number of hydrogen-bond donors (Lipinski definition) is 1. The summed E-state index contributed by atoms with van der Waals surface area (Å²) in [4.78, 5) is 7.89. The number of thioether (sulfide) groups is 1. The largest absolute Gasteiger partial charge is 0.341 e. The minimum atomic E-state index is 0.681. The average Bonchev–Trinajstić information content (AvgIpc) is 3.19. The van der Waals surface area contributed by atoms with E-state index in [1.807, 2.05) is 36.4 Å². The second kappa shape index (κ2) is 5.85. The fraction of sp³-hybridized carbons (Fsp3) is 0.125. The fourth-order valence-corrected chi connectivity index (χ4v) is 3.16. The number of aromatic nitrogens is 6. The van der Waals surface area contributed by atoms with Crippen LogP contribution >= 0.6 is 11.8 Å². The molecule has 0 aliphatic heterocycles. The zero-order valence-electron chi connectivity index (χ0n) is 12.5. The molecular weight excluding hydrogens is 308 g/mol. The van der Waals surface area contributed by atoms with Crippen molar-refractivity contribution in [3.05, 3.63) is 59.9 Å². The molecule has 7 heteroatoms. The maximum Gasteiger partial charge on any atom is 0.214 e. The van der Waals surface area contributed by atoms with Crippen LogP contribution in [-0.2, 0) is 5.75 Å². The molecule has 2 heterocycles. The molecule has 114 valence electrons. The van der Waals surface area contributed by atoms with Gasteiger partial charge >= 0.3 is 0 Å². The summed E-state index contributed by atoms with van der Waals surface area (Å²) in [7, 11) is 0. The van der Waals surface area contributed by atoms with Crippen molar-refractivity contribution in [3.63, 3.8) is 0 Å². The van der Waals surface area contributed by atoms with Gasteiger partial charge in [-0.3, -0.25) is 0 Å². The van der Waals surface area contributed by atoms with Crippen LogP contribution in [0.15, 0.2) is 53.7 Å². The van der Waals surface area contributed by atoms with Gasteiger partial charge in [-0.2, -0.15) is 4.68 Å². The summed E-state index contributed by atoms with van der Waals surface area (Å²) in [5.74, 6) is 1.59. The predicted molar refractivity (Wildman–Crippen MR) is 89.5 cm³/mol. The van der Waals surface area contributed by atoms with E-state index in [1.165, 1.54) is 5.56 Å². The minimum absolute atomic E-state index is 0.681. The monoisotopic (exact) mass is 322 g/mol. The maximum absolute atomic E-state index is 4.57. The van der Waals surface area contributed by atoms with E-state index in [0.717, 1.165) is 27.7 Å². The lowest BCUT2D eigenvalue weighted by molar-refractivity contribution is 0.755. The van der Waals surface area contributed by atoms with Crippen LogP contribution < -0.4 is 0 Å². The predicted octanol–water partition coefficient (Wildman–Crippen LogP) is 3.14. The minimum Gasteiger partial charge on any atom is -0.341 e. The van der Waals surface area contributed by atoms with Crippen molar-refractivity contribution in [2.75, 3.05) is 0 Å². The quantitative estimate of drug-likeness (QED) is 0.584. The molecular formula is C16H14N6S. The van der Waals surface area contributed by atoms with Gasteiger partial charge in [-0.1, -0.05) is 36.0 Å². The van der Waals surface area contributed by atoms with E-state index in [0.29, 0.717) is 5.75 Å². The van der Waals surface area contributed by atoms with E-state index in [2.05, 4.69) is 44.5 Å². The fourth-order valence-electron chi connectivity index (χ4n) is 2.40. The van der Waals surface area contributed by atoms with Gasteiger partial charge in [0.15, 0.2) is 0 Å². The van der Waals surface area contributed by atoms with Crippen LogP contribution in [-0.4, -0.2) is 30.2 Å². The first-order chi connectivity index (χ1) is 11.3. The highest BCUT2D eigenvalue weighted by atomic mass is 32.2. The molecule has 4 aromatic rings. The number of hydrogen-bond acceptors (Lipinski definition) is 5. The van der Waals surface area contributed by atoms with E-state index in [9.17, 15) is 0 Å². The van der Waals surface area contributed by atoms with Crippen LogP contribution in [0.1, 0.15) is 11.4 Å². The summed E-state index contributed by atoms with van der Waals surface area (Å²) in [6.07, 6.45) is 0. The summed E-state index contributed by atoms with van der Waals surface area (Å²) >= 11 is 1.56. The zero-order valence-corrected chi connectivity index (χ0v) is 13.3. The first-order valence-electron chi connectivity index (χ1n) is 7.21. The number of aryl methyl sites for hydroxylation is 1. The van der Waals surface area contributed by atoms with Gasteiger partial charge in [0.2, 0.25) is 5.16 Å². The Hall–Kier alpha value is -2.67. The van der Waals surface area contributed by atoms with Crippen molar-refractivity contribution >= 4 is 22.8 Å². The third-order valence-corrected chi connectivity index (χ3v) is 4.39. The Morgan fingerprint density at radius 3 is 2.91 bits per heavy atom. The number of fused-ring (bicyclic) bond motifs is 1. The molecule has 0 spiro atoms. The highest BCUT2D eigenvalue weighted by molar-refractivity contribution is 7.98. The molecule has 2 aromatic heterocycles. The van der Waals surface area contributed by atoms with Gasteiger partial charge in [-0.15, -0.1) is 5.10 Å². The molecule has 2 aromatic carbocycles. The molecule has 0 saturated carbocycles. The summed E-state index contributed by atoms with van der Waals surface area (Å²) in [5.41, 5.74) is 4.15. The van der Waals surface area contributed by atoms with Gasteiger partial charge in [-0.05, 0) is 47.2 Å². The molecule has 0 bridgehead atoms. The second-order valence-electron chi connectivity index (χ2n) is 5.20. The van der Waals surface area contributed by atoms with Crippen molar-refractivity contribution in [1.82, 2.24) is 30.2 Å². The summed E-state index contributed by atoms with van der Waals surface area (Å²) in [5, 5.41) is 12.7. The van der Waals surface area contributed by atoms with Crippen LogP contribution in [0.25, 0.3) is 16.7 Å². The zero-order chi connectivity index (χ0) is 15.6. The lowest BCUT2D eigenvalue weighted by Gasteiger charge is -2.04. The van der Waals surface area contributed by atoms with Gasteiger partial charge in [-0.25, -0.2) is 4.98 Å². The van der Waals surface area contributed by atoms with E-state index in [4.69, 9.17) is 0 Å². The Labute approximate surface area is 136 Å². The molecule has 6 nitrogen and oxygen atoms in total. The van der Waals surface area contributed by atoms with Crippen molar-refractivity contribution in [1.29, 1.82) is 0 Å². The first kappa shape index (κ1) is 14.0. The molecule has 0 saturated heterocycles. The average molecular weight is 322 g/mol. The third kappa shape index (κ3) is 2.83. The molecule has 0 radical (unpaired) electrons. The number of tetrazole rings is 1. The van der Waals surface area contributed by atoms with E-state index in [-0.39, 0.29) is 0 Å². The van der Waals surface area contributed by atoms with Crippen molar-refractivity contribution in [2.24, 2.45) is 0 Å². The summed E-state index contributed by atoms with van der Waals surface area (Å²) < 4.78 is 1.75. The summed E-state index contributed by atoms with van der Waals surface area (Å²) in [6.45, 7) is 2.05. The molecule has 23 heavy (non-hydrogen) atoms. The maximum atomic E-state index is 4.57. The van der Waals surface area contributed by atoms with Crippen LogP contribution in [0, 0.1) is 6.92 Å². The number of nitrogens with zero attached hydrogens (tertiary/aromatic N) is 5. The number of H-pyrrole nitrogens is 1. The van der Waals surface area contributed by atoms with Crippen molar-refractivity contribution < 1.29 is 0 Å². The van der Waals surface area contributed by atoms with Gasteiger partial charge < -0.3 is 4.98 Å². The number of rotatable bonds is 4. The topological polar surface area (TPSA) is 72.3 Å². The Morgan fingerprint density at radius 1 is 1.13 bits per heavy atom. The number of nitrogens with one attached hydrogen (secondary N) is 1.